The van der Waals surface area contributed by atoms with Crippen molar-refractivity contribution in [1.29, 1.82) is 0 Å². The van der Waals surface area contributed by atoms with Gasteiger partial charge in [0.2, 0.25) is 5.43 Å². The second-order valence-electron chi connectivity index (χ2n) is 7.42. The monoisotopic (exact) mass is 493 g/mol. The number of hydrogen-bond acceptors (Lipinski definition) is 3. The summed E-state index contributed by atoms with van der Waals surface area (Å²) in [4.78, 5) is 29.0. The number of benzene rings is 1. The SMILES string of the molecule is O=C(NC(C1CC1)C(F)(F)F)c1cn(-c2c(F)cc(F)cc2F)c2nc(Cl)c(F)cc2c1=O. The first-order chi connectivity index (χ1) is 15.4. The molecule has 4 rings (SSSR count). The first kappa shape index (κ1) is 23.0. The Labute approximate surface area is 184 Å². The smallest absolute Gasteiger partial charge is 0.340 e. The number of carbonyl (C=O) groups excluding carboxylic acids is 1. The highest BCUT2D eigenvalue weighted by Crippen LogP contribution is 2.40. The number of hydrogen-bond donors (Lipinski definition) is 1. The van der Waals surface area contributed by atoms with E-state index >= 15 is 0 Å². The maximum atomic E-state index is 14.5. The van der Waals surface area contributed by atoms with E-state index in [4.69, 9.17) is 11.6 Å². The van der Waals surface area contributed by atoms with Crippen molar-refractivity contribution in [2.45, 2.75) is 25.1 Å². The summed E-state index contributed by atoms with van der Waals surface area (Å²) in [5, 5.41) is 0.237. The molecule has 13 heteroatoms. The van der Waals surface area contributed by atoms with Gasteiger partial charge < -0.3 is 5.32 Å². The van der Waals surface area contributed by atoms with Gasteiger partial charge in [-0.15, -0.1) is 0 Å². The summed E-state index contributed by atoms with van der Waals surface area (Å²) >= 11 is 5.61. The molecule has 0 radical (unpaired) electrons. The van der Waals surface area contributed by atoms with Gasteiger partial charge in [0.05, 0.1) is 5.39 Å². The quantitative estimate of drug-likeness (QED) is 0.424. The molecule has 2 heterocycles. The maximum absolute atomic E-state index is 14.5. The van der Waals surface area contributed by atoms with Gasteiger partial charge in [-0.05, 0) is 24.8 Å². The lowest BCUT2D eigenvalue weighted by Gasteiger charge is -2.21. The van der Waals surface area contributed by atoms with Crippen LogP contribution in [0.3, 0.4) is 0 Å². The molecule has 1 N–H and O–H groups in total. The van der Waals surface area contributed by atoms with E-state index in [0.29, 0.717) is 29.0 Å². The number of fused-ring (bicyclic) bond motifs is 1. The number of alkyl halides is 3. The molecule has 1 amide bonds. The van der Waals surface area contributed by atoms with E-state index in [0.717, 1.165) is 0 Å². The van der Waals surface area contributed by atoms with Crippen LogP contribution in [0.2, 0.25) is 5.15 Å². The molecule has 174 valence electrons. The third kappa shape index (κ3) is 4.26. The van der Waals surface area contributed by atoms with Crippen LogP contribution in [0.4, 0.5) is 30.7 Å². The minimum absolute atomic E-state index is 0.200. The van der Waals surface area contributed by atoms with Crippen LogP contribution in [0.5, 0.6) is 0 Å². The third-order valence-electron chi connectivity index (χ3n) is 5.09. The second-order valence-corrected chi connectivity index (χ2v) is 7.78. The lowest BCUT2D eigenvalue weighted by atomic mass is 10.1. The van der Waals surface area contributed by atoms with Crippen LogP contribution in [-0.2, 0) is 0 Å². The molecule has 1 unspecified atom stereocenters. The number of rotatable bonds is 4. The fraction of sp³-hybridized carbons (Fsp3) is 0.250. The molecule has 0 saturated heterocycles. The Hall–Kier alpha value is -3.15. The molecule has 0 bridgehead atoms. The number of pyridine rings is 2. The van der Waals surface area contributed by atoms with Crippen LogP contribution in [0.1, 0.15) is 23.2 Å². The Bertz CT molecular complexity index is 1330. The van der Waals surface area contributed by atoms with E-state index in [9.17, 15) is 40.3 Å². The van der Waals surface area contributed by atoms with Crippen molar-refractivity contribution in [3.63, 3.8) is 0 Å². The Morgan fingerprint density at radius 2 is 1.70 bits per heavy atom. The minimum atomic E-state index is -4.82. The number of carbonyl (C=O) groups is 1. The van der Waals surface area contributed by atoms with Crippen LogP contribution in [0.25, 0.3) is 16.7 Å². The van der Waals surface area contributed by atoms with Crippen LogP contribution < -0.4 is 10.7 Å². The average Bonchev–Trinajstić information content (AvgIpc) is 3.52. The summed E-state index contributed by atoms with van der Waals surface area (Å²) in [7, 11) is 0. The van der Waals surface area contributed by atoms with E-state index in [2.05, 4.69) is 4.98 Å². The highest BCUT2D eigenvalue weighted by Gasteiger charge is 2.49. The van der Waals surface area contributed by atoms with Crippen molar-refractivity contribution in [3.05, 3.63) is 68.6 Å². The molecule has 0 spiro atoms. The molecule has 1 aliphatic rings. The van der Waals surface area contributed by atoms with Gasteiger partial charge in [0.25, 0.3) is 5.91 Å². The maximum Gasteiger partial charge on any atom is 0.408 e. The first-order valence-corrected chi connectivity index (χ1v) is 9.70. The topological polar surface area (TPSA) is 64.0 Å². The largest absolute Gasteiger partial charge is 0.408 e. The van der Waals surface area contributed by atoms with E-state index < -0.39 is 80.2 Å². The van der Waals surface area contributed by atoms with Crippen molar-refractivity contribution in [2.24, 2.45) is 5.92 Å². The number of amides is 1. The van der Waals surface area contributed by atoms with Gasteiger partial charge in [0.15, 0.2) is 28.3 Å². The summed E-state index contributed by atoms with van der Waals surface area (Å²) < 4.78 is 96.7. The van der Waals surface area contributed by atoms with Crippen LogP contribution >= 0.6 is 11.6 Å². The summed E-state index contributed by atoms with van der Waals surface area (Å²) in [5.41, 5.74) is -3.84. The second kappa shape index (κ2) is 8.01. The summed E-state index contributed by atoms with van der Waals surface area (Å²) in [6, 6.07) is -1.14. The standard InChI is InChI=1S/C20H11ClF7N3O2/c21-17-13(25)5-9-15(32)10(19(33)29-16(7-1-2-7)20(26,27)28)6-31(18(9)30-17)14-11(23)3-8(22)4-12(14)24/h3-7,16H,1-2H2,(H,29,33). The first-order valence-electron chi connectivity index (χ1n) is 9.32. The molecular weight excluding hydrogens is 483 g/mol. The minimum Gasteiger partial charge on any atom is -0.340 e. The van der Waals surface area contributed by atoms with Gasteiger partial charge in [-0.1, -0.05) is 11.6 Å². The predicted molar refractivity (Wildman–Crippen MR) is 102 cm³/mol. The molecular formula is C20H11ClF7N3O2. The van der Waals surface area contributed by atoms with E-state index in [1.54, 1.807) is 5.32 Å². The molecule has 1 atom stereocenters. The van der Waals surface area contributed by atoms with Crippen LogP contribution in [0.15, 0.2) is 29.2 Å². The highest BCUT2D eigenvalue weighted by molar-refractivity contribution is 6.29. The summed E-state index contributed by atoms with van der Waals surface area (Å²) in [6.45, 7) is 0. The molecule has 1 aromatic carbocycles. The molecule has 33 heavy (non-hydrogen) atoms. The molecule has 0 aliphatic heterocycles. The summed E-state index contributed by atoms with van der Waals surface area (Å²) in [5.74, 6) is -7.87. The molecule has 3 aromatic rings. The van der Waals surface area contributed by atoms with Gasteiger partial charge in [-0.3, -0.25) is 14.2 Å². The van der Waals surface area contributed by atoms with Gasteiger partial charge >= 0.3 is 6.18 Å². The van der Waals surface area contributed by atoms with E-state index in [-0.39, 0.29) is 12.8 Å². The van der Waals surface area contributed by atoms with Gasteiger partial charge in [0.1, 0.15) is 23.1 Å². The zero-order valence-electron chi connectivity index (χ0n) is 16.1. The van der Waals surface area contributed by atoms with E-state index in [1.807, 2.05) is 0 Å². The van der Waals surface area contributed by atoms with Crippen molar-refractivity contribution in [3.8, 4) is 5.69 Å². The highest BCUT2D eigenvalue weighted by atomic mass is 35.5. The Morgan fingerprint density at radius 1 is 1.09 bits per heavy atom. The Kier molecular flexibility index (Phi) is 5.59. The number of nitrogens with zero attached hydrogens (tertiary/aromatic N) is 2. The van der Waals surface area contributed by atoms with Crippen molar-refractivity contribution < 1.29 is 35.5 Å². The number of nitrogens with one attached hydrogen (secondary N) is 1. The van der Waals surface area contributed by atoms with Crippen LogP contribution in [-0.4, -0.2) is 27.7 Å². The number of aromatic nitrogens is 2. The van der Waals surface area contributed by atoms with Crippen molar-refractivity contribution in [1.82, 2.24) is 14.9 Å². The molecule has 1 fully saturated rings. The van der Waals surface area contributed by atoms with Gasteiger partial charge in [-0.25, -0.2) is 22.5 Å². The van der Waals surface area contributed by atoms with Crippen LogP contribution in [0, 0.1) is 29.2 Å². The average molecular weight is 494 g/mol. The molecule has 1 aliphatic carbocycles. The summed E-state index contributed by atoms with van der Waals surface area (Å²) in [6.07, 6.45) is -3.87. The lowest BCUT2D eigenvalue weighted by Crippen LogP contribution is -2.48. The Morgan fingerprint density at radius 3 is 2.24 bits per heavy atom. The van der Waals surface area contributed by atoms with Gasteiger partial charge in [-0.2, -0.15) is 13.2 Å². The molecule has 2 aromatic heterocycles. The lowest BCUT2D eigenvalue weighted by molar-refractivity contribution is -0.158. The predicted octanol–water partition coefficient (Wildman–Crippen LogP) is 4.67. The third-order valence-corrected chi connectivity index (χ3v) is 5.35. The number of halogens is 8. The Balaban J connectivity index is 1.95. The zero-order chi connectivity index (χ0) is 24.2. The van der Waals surface area contributed by atoms with Crippen molar-refractivity contribution in [2.75, 3.05) is 0 Å². The zero-order valence-corrected chi connectivity index (χ0v) is 16.9. The van der Waals surface area contributed by atoms with Gasteiger partial charge in [0, 0.05) is 18.3 Å². The molecule has 5 nitrogen and oxygen atoms in total. The fourth-order valence-corrected chi connectivity index (χ4v) is 3.55. The normalized spacial score (nSPS) is 15.0. The fourth-order valence-electron chi connectivity index (χ4n) is 3.41. The van der Waals surface area contributed by atoms with E-state index in [1.165, 1.54) is 0 Å². The molecule has 1 saturated carbocycles. The van der Waals surface area contributed by atoms with Crippen molar-refractivity contribution >= 4 is 28.5 Å².